The fraction of sp³-hybridized carbons (Fsp3) is 0.880. The number of amides is 3. The molecule has 1 saturated heterocycles. The van der Waals surface area contributed by atoms with Crippen molar-refractivity contribution in [2.75, 3.05) is 13.2 Å². The summed E-state index contributed by atoms with van der Waals surface area (Å²) in [5.74, 6) is -0.907. The average molecular weight is 560 g/mol. The van der Waals surface area contributed by atoms with Crippen molar-refractivity contribution in [2.45, 2.75) is 94.8 Å². The van der Waals surface area contributed by atoms with E-state index in [1.54, 1.807) is 0 Å². The minimum atomic E-state index is -4.94. The van der Waals surface area contributed by atoms with E-state index in [-0.39, 0.29) is 36.7 Å². The van der Waals surface area contributed by atoms with Crippen molar-refractivity contribution in [2.24, 2.45) is 29.1 Å². The Morgan fingerprint density at radius 1 is 1.16 bits per heavy atom. The van der Waals surface area contributed by atoms with Gasteiger partial charge in [-0.05, 0) is 75.5 Å². The van der Waals surface area contributed by atoms with Gasteiger partial charge in [0.15, 0.2) is 0 Å². The molecule has 6 N–H and O–H groups in total. The lowest BCUT2D eigenvalue weighted by atomic mass is 9.48. The maximum absolute atomic E-state index is 13.2. The van der Waals surface area contributed by atoms with Crippen LogP contribution in [0.1, 0.15) is 71.6 Å². The highest BCUT2D eigenvalue weighted by atomic mass is 32.2. The van der Waals surface area contributed by atoms with Crippen LogP contribution in [0.5, 0.6) is 0 Å². The predicted octanol–water partition coefficient (Wildman–Crippen LogP) is 0.676. The number of nitrogens with one attached hydrogen (secondary N) is 3. The first-order valence-electron chi connectivity index (χ1n) is 13.6. The molecule has 5 fully saturated rings. The van der Waals surface area contributed by atoms with E-state index < -0.39 is 51.2 Å². The Kier molecular flexibility index (Phi) is 8.33. The molecule has 0 radical (unpaired) electrons. The molecule has 4 saturated carbocycles. The van der Waals surface area contributed by atoms with Crippen molar-refractivity contribution in [1.82, 2.24) is 16.0 Å². The van der Waals surface area contributed by atoms with Crippen molar-refractivity contribution in [1.29, 1.82) is 0 Å². The number of carbonyl (C=O) groups is 3. The Hall–Kier alpha value is -1.96. The molecule has 1 aliphatic heterocycles. The van der Waals surface area contributed by atoms with Crippen molar-refractivity contribution in [3.8, 4) is 0 Å². The minimum absolute atomic E-state index is 0.0333. The number of alkyl carbamates (subject to hydrolysis) is 1. The summed E-state index contributed by atoms with van der Waals surface area (Å²) >= 11 is 0. The summed E-state index contributed by atoms with van der Waals surface area (Å²) in [5.41, 5.74) is -3.30. The molecule has 216 valence electrons. The second-order valence-corrected chi connectivity index (χ2v) is 14.1. The third kappa shape index (κ3) is 6.78. The normalized spacial score (nSPS) is 34.5. The molecule has 0 aromatic carbocycles. The molecule has 3 unspecified atom stereocenters. The maximum Gasteiger partial charge on any atom is 0.407 e. The van der Waals surface area contributed by atoms with Gasteiger partial charge in [-0.1, -0.05) is 13.8 Å². The van der Waals surface area contributed by atoms with E-state index in [0.29, 0.717) is 31.2 Å². The summed E-state index contributed by atoms with van der Waals surface area (Å²) in [5, 5.41) is 28.8. The van der Waals surface area contributed by atoms with Gasteiger partial charge in [0.2, 0.25) is 17.3 Å². The van der Waals surface area contributed by atoms with Gasteiger partial charge in [-0.2, -0.15) is 8.42 Å². The minimum Gasteiger partial charge on any atom is -0.449 e. The maximum atomic E-state index is 13.2. The van der Waals surface area contributed by atoms with E-state index in [2.05, 4.69) is 16.0 Å². The molecule has 4 bridgehead atoms. The molecular weight excluding hydrogens is 518 g/mol. The largest absolute Gasteiger partial charge is 0.449 e. The summed E-state index contributed by atoms with van der Waals surface area (Å²) in [6, 6.07) is -2.57. The molecule has 38 heavy (non-hydrogen) atoms. The zero-order valence-corrected chi connectivity index (χ0v) is 22.8. The van der Waals surface area contributed by atoms with E-state index in [4.69, 9.17) is 4.74 Å². The molecule has 5 aliphatic rings. The highest BCUT2D eigenvalue weighted by Gasteiger charge is 2.57. The number of aliphatic hydroxyl groups excluding tert-OH is 1. The fourth-order valence-electron chi connectivity index (χ4n) is 7.59. The van der Waals surface area contributed by atoms with Gasteiger partial charge in [-0.3, -0.25) is 14.1 Å². The van der Waals surface area contributed by atoms with E-state index in [0.717, 1.165) is 32.1 Å². The van der Waals surface area contributed by atoms with Crippen LogP contribution in [-0.4, -0.2) is 77.4 Å². The number of aliphatic hydroxyl groups is 2. The van der Waals surface area contributed by atoms with Crippen LogP contribution in [0.3, 0.4) is 0 Å². The van der Waals surface area contributed by atoms with Crippen LogP contribution in [-0.2, 0) is 24.4 Å². The molecule has 12 nitrogen and oxygen atoms in total. The molecule has 3 amide bonds. The molecule has 4 aliphatic carbocycles. The fourth-order valence-corrected chi connectivity index (χ4v) is 8.18. The third-order valence-corrected chi connectivity index (χ3v) is 9.59. The zero-order chi connectivity index (χ0) is 27.9. The Labute approximate surface area is 223 Å². The first-order valence-corrected chi connectivity index (χ1v) is 15.1. The highest BCUT2D eigenvalue weighted by molar-refractivity contribution is 7.86. The van der Waals surface area contributed by atoms with E-state index >= 15 is 0 Å². The Bertz CT molecular complexity index is 1020. The molecule has 0 aromatic rings. The van der Waals surface area contributed by atoms with Gasteiger partial charge < -0.3 is 30.9 Å². The van der Waals surface area contributed by atoms with E-state index in [1.165, 1.54) is 0 Å². The topological polar surface area (TPSA) is 191 Å². The molecule has 13 heteroatoms. The van der Waals surface area contributed by atoms with Crippen molar-refractivity contribution in [3.05, 3.63) is 0 Å². The lowest BCUT2D eigenvalue weighted by Crippen LogP contribution is -2.57. The summed E-state index contributed by atoms with van der Waals surface area (Å²) in [4.78, 5) is 38.0. The van der Waals surface area contributed by atoms with Crippen LogP contribution in [0.2, 0.25) is 0 Å². The second-order valence-electron chi connectivity index (χ2n) is 12.6. The molecule has 0 aromatic heterocycles. The van der Waals surface area contributed by atoms with Crippen LogP contribution >= 0.6 is 0 Å². The van der Waals surface area contributed by atoms with Gasteiger partial charge in [-0.15, -0.1) is 0 Å². The van der Waals surface area contributed by atoms with E-state index in [1.807, 2.05) is 13.8 Å². The predicted molar refractivity (Wildman–Crippen MR) is 135 cm³/mol. The number of carbonyl (C=O) groups excluding carboxylic acids is 3. The Balaban J connectivity index is 1.39. The van der Waals surface area contributed by atoms with Gasteiger partial charge >= 0.3 is 6.09 Å². The van der Waals surface area contributed by atoms with Crippen molar-refractivity contribution >= 4 is 28.0 Å². The van der Waals surface area contributed by atoms with Gasteiger partial charge in [0.05, 0.1) is 18.2 Å². The van der Waals surface area contributed by atoms with Gasteiger partial charge in [0.1, 0.15) is 6.04 Å². The Morgan fingerprint density at radius 3 is 2.34 bits per heavy atom. The number of ether oxygens (including phenoxy) is 1. The monoisotopic (exact) mass is 559 g/mol. The number of hydrogen-bond acceptors (Lipinski definition) is 8. The molecule has 8 atom stereocenters. The van der Waals surface area contributed by atoms with Gasteiger partial charge in [-0.25, -0.2) is 4.79 Å². The third-order valence-electron chi connectivity index (χ3n) is 8.65. The van der Waals surface area contributed by atoms with Gasteiger partial charge in [0.25, 0.3) is 10.1 Å². The first kappa shape index (κ1) is 29.0. The lowest BCUT2D eigenvalue weighted by molar-refractivity contribution is -0.175. The van der Waals surface area contributed by atoms with Crippen LogP contribution in [0, 0.1) is 29.1 Å². The summed E-state index contributed by atoms with van der Waals surface area (Å²) in [7, 11) is -4.94. The quantitative estimate of drug-likeness (QED) is 0.198. The SMILES string of the molecule is CC(C)C[C@H](NC(=O)OCC12C[C@@H]3C[C@@H](CC(O)(C3)C1)C2)C(=O)N[C@@H](C[C@@H]1CCNC1=O)C(O)S(=O)(=O)O. The molecule has 0 spiro atoms. The average Bonchev–Trinajstić information content (AvgIpc) is 3.18. The number of hydrogen-bond donors (Lipinski definition) is 6. The van der Waals surface area contributed by atoms with E-state index in [9.17, 15) is 37.6 Å². The zero-order valence-electron chi connectivity index (χ0n) is 22.0. The van der Waals surface area contributed by atoms with Gasteiger partial charge in [0, 0.05) is 17.9 Å². The molecule has 5 rings (SSSR count). The van der Waals surface area contributed by atoms with Crippen LogP contribution < -0.4 is 16.0 Å². The number of rotatable bonds is 11. The lowest BCUT2D eigenvalue weighted by Gasteiger charge is -2.59. The summed E-state index contributed by atoms with van der Waals surface area (Å²) in [6.45, 7) is 4.22. The first-order chi connectivity index (χ1) is 17.7. The van der Waals surface area contributed by atoms with Crippen LogP contribution in [0.15, 0.2) is 0 Å². The summed E-state index contributed by atoms with van der Waals surface area (Å²) < 4.78 is 38.3. The molecule has 1 heterocycles. The smallest absolute Gasteiger partial charge is 0.407 e. The van der Waals surface area contributed by atoms with Crippen molar-refractivity contribution in [3.63, 3.8) is 0 Å². The van der Waals surface area contributed by atoms with Crippen LogP contribution in [0.25, 0.3) is 0 Å². The van der Waals surface area contributed by atoms with Crippen molar-refractivity contribution < 1.29 is 42.3 Å². The second kappa shape index (κ2) is 10.9. The Morgan fingerprint density at radius 2 is 1.82 bits per heavy atom. The molecular formula is C25H41N3O9S. The van der Waals surface area contributed by atoms with Crippen LogP contribution in [0.4, 0.5) is 4.79 Å². The summed E-state index contributed by atoms with van der Waals surface area (Å²) in [6.07, 6.45) is 4.70. The standard InChI is InChI=1S/C25H41N3O9S/c1-14(2)5-18(21(30)27-19(22(31)38(34,35)36)7-17-3-4-26-20(17)29)28-23(32)37-13-24-8-15-6-16(9-24)11-25(33,10-15)12-24/h14-19,22,31,33H,3-13H2,1-2H3,(H,26,29)(H,27,30)(H,28,32)(H,34,35,36)/t15-,16+,17-,18-,19-,22?,24?,25?/m0/s1. The highest BCUT2D eigenvalue weighted by Crippen LogP contribution is 2.61.